The smallest absolute Gasteiger partial charge is 0.307 e. The second-order valence-electron chi connectivity index (χ2n) is 7.82. The summed E-state index contributed by atoms with van der Waals surface area (Å²) in [6.07, 6.45) is 3.32. The monoisotopic (exact) mass is 338 g/mol. The highest BCUT2D eigenvalue weighted by molar-refractivity contribution is 5.71. The second-order valence-corrected chi connectivity index (χ2v) is 7.82. The molecule has 0 radical (unpaired) electrons. The Labute approximate surface area is 151 Å². The summed E-state index contributed by atoms with van der Waals surface area (Å²) >= 11 is 0. The minimum atomic E-state index is -0.680. The third kappa shape index (κ3) is 5.74. The molecule has 2 unspecified atom stereocenters. The fourth-order valence-electron chi connectivity index (χ4n) is 3.91. The van der Waals surface area contributed by atoms with E-state index < -0.39 is 5.97 Å². The molecule has 2 rings (SSSR count). The van der Waals surface area contributed by atoms with Gasteiger partial charge in [0.15, 0.2) is 0 Å². The van der Waals surface area contributed by atoms with Crippen LogP contribution in [0, 0.1) is 17.3 Å². The van der Waals surface area contributed by atoms with Crippen molar-refractivity contribution in [2.75, 3.05) is 0 Å². The van der Waals surface area contributed by atoms with Gasteiger partial charge in [-0.25, -0.2) is 0 Å². The number of hydrogen-bond acceptors (Lipinski definition) is 1. The molecule has 2 heteroatoms. The molecule has 0 saturated carbocycles. The van der Waals surface area contributed by atoms with Gasteiger partial charge in [-0.05, 0) is 48.1 Å². The Balaban J connectivity index is 2.22. The molecule has 25 heavy (non-hydrogen) atoms. The maximum atomic E-state index is 12.1. The van der Waals surface area contributed by atoms with Gasteiger partial charge in [-0.1, -0.05) is 81.4 Å². The highest BCUT2D eigenvalue weighted by Gasteiger charge is 2.39. The standard InChI is InChI=1S/C23H30O2/c1-18(2)17-23(3,15-14-19-10-6-4-7-11-19)21(22(24)25)16-20-12-8-5-9-13-20/h4-13,18,21H,14-17H2,1-3H3,(H,24,25). The van der Waals surface area contributed by atoms with Gasteiger partial charge in [0.2, 0.25) is 0 Å². The summed E-state index contributed by atoms with van der Waals surface area (Å²) in [5.41, 5.74) is 2.15. The molecule has 2 aromatic rings. The van der Waals surface area contributed by atoms with Crippen molar-refractivity contribution in [3.8, 4) is 0 Å². The van der Waals surface area contributed by atoms with E-state index in [1.807, 2.05) is 48.5 Å². The molecule has 0 aromatic heterocycles. The summed E-state index contributed by atoms with van der Waals surface area (Å²) in [7, 11) is 0. The van der Waals surface area contributed by atoms with Crippen LogP contribution >= 0.6 is 0 Å². The quantitative estimate of drug-likeness (QED) is 0.645. The molecule has 2 atom stereocenters. The molecule has 0 aliphatic rings. The molecule has 0 aliphatic heterocycles. The van der Waals surface area contributed by atoms with Crippen LogP contribution in [0.25, 0.3) is 0 Å². The number of aryl methyl sites for hydroxylation is 1. The van der Waals surface area contributed by atoms with Gasteiger partial charge in [0.1, 0.15) is 0 Å². The average molecular weight is 338 g/mol. The van der Waals surface area contributed by atoms with E-state index in [0.717, 1.165) is 24.8 Å². The van der Waals surface area contributed by atoms with Crippen molar-refractivity contribution in [3.63, 3.8) is 0 Å². The van der Waals surface area contributed by atoms with Gasteiger partial charge in [-0.2, -0.15) is 0 Å². The van der Waals surface area contributed by atoms with E-state index in [1.165, 1.54) is 5.56 Å². The van der Waals surface area contributed by atoms with Crippen LogP contribution in [0.3, 0.4) is 0 Å². The van der Waals surface area contributed by atoms with E-state index in [4.69, 9.17) is 0 Å². The molecule has 2 aromatic carbocycles. The number of carbonyl (C=O) groups is 1. The average Bonchev–Trinajstić information content (AvgIpc) is 2.59. The summed E-state index contributed by atoms with van der Waals surface area (Å²) in [6.45, 7) is 6.53. The molecule has 0 bridgehead atoms. The Morgan fingerprint density at radius 1 is 0.960 bits per heavy atom. The highest BCUT2D eigenvalue weighted by atomic mass is 16.4. The van der Waals surface area contributed by atoms with Gasteiger partial charge >= 0.3 is 5.97 Å². The second kappa shape index (κ2) is 8.84. The summed E-state index contributed by atoms with van der Waals surface area (Å²) in [4.78, 5) is 12.1. The molecular formula is C23H30O2. The van der Waals surface area contributed by atoms with Crippen LogP contribution in [0.1, 0.15) is 44.7 Å². The number of aliphatic carboxylic acids is 1. The van der Waals surface area contributed by atoms with Gasteiger partial charge in [-0.15, -0.1) is 0 Å². The van der Waals surface area contributed by atoms with E-state index in [-0.39, 0.29) is 11.3 Å². The summed E-state index contributed by atoms with van der Waals surface area (Å²) in [5, 5.41) is 9.98. The first-order chi connectivity index (χ1) is 11.9. The van der Waals surface area contributed by atoms with Crippen molar-refractivity contribution in [1.82, 2.24) is 0 Å². The van der Waals surface area contributed by atoms with E-state index in [9.17, 15) is 9.90 Å². The molecule has 0 amide bonds. The summed E-state index contributed by atoms with van der Waals surface area (Å²) < 4.78 is 0. The van der Waals surface area contributed by atoms with Crippen LogP contribution in [0.2, 0.25) is 0 Å². The summed E-state index contributed by atoms with van der Waals surface area (Å²) in [5.74, 6) is -0.584. The Kier molecular flexibility index (Phi) is 6.81. The van der Waals surface area contributed by atoms with Crippen LogP contribution in [0.15, 0.2) is 60.7 Å². The van der Waals surface area contributed by atoms with E-state index in [2.05, 4.69) is 32.9 Å². The van der Waals surface area contributed by atoms with Crippen LogP contribution in [0.5, 0.6) is 0 Å². The van der Waals surface area contributed by atoms with Crippen molar-refractivity contribution in [2.45, 2.75) is 46.5 Å². The van der Waals surface area contributed by atoms with Crippen molar-refractivity contribution in [3.05, 3.63) is 71.8 Å². The van der Waals surface area contributed by atoms with Crippen molar-refractivity contribution >= 4 is 5.97 Å². The lowest BCUT2D eigenvalue weighted by molar-refractivity contribution is -0.147. The largest absolute Gasteiger partial charge is 0.481 e. The first-order valence-electron chi connectivity index (χ1n) is 9.21. The number of benzene rings is 2. The molecule has 2 nitrogen and oxygen atoms in total. The molecule has 0 heterocycles. The topological polar surface area (TPSA) is 37.3 Å². The zero-order valence-corrected chi connectivity index (χ0v) is 15.6. The Hall–Kier alpha value is -2.09. The Morgan fingerprint density at radius 2 is 1.48 bits per heavy atom. The lowest BCUT2D eigenvalue weighted by Gasteiger charge is -2.37. The van der Waals surface area contributed by atoms with E-state index in [0.29, 0.717) is 12.3 Å². The highest BCUT2D eigenvalue weighted by Crippen LogP contribution is 2.41. The molecule has 0 fully saturated rings. The van der Waals surface area contributed by atoms with Crippen molar-refractivity contribution < 1.29 is 9.90 Å². The van der Waals surface area contributed by atoms with Crippen LogP contribution < -0.4 is 0 Å². The van der Waals surface area contributed by atoms with Gasteiger partial charge in [0.25, 0.3) is 0 Å². The predicted octanol–water partition coefficient (Wildman–Crippen LogP) is 5.62. The van der Waals surface area contributed by atoms with E-state index >= 15 is 0 Å². The number of rotatable bonds is 9. The molecule has 134 valence electrons. The lowest BCUT2D eigenvalue weighted by atomic mass is 9.66. The summed E-state index contributed by atoms with van der Waals surface area (Å²) in [6, 6.07) is 20.4. The van der Waals surface area contributed by atoms with Gasteiger partial charge in [0.05, 0.1) is 5.92 Å². The lowest BCUT2D eigenvalue weighted by Crippen LogP contribution is -2.37. The van der Waals surface area contributed by atoms with Gasteiger partial charge < -0.3 is 5.11 Å². The van der Waals surface area contributed by atoms with Crippen molar-refractivity contribution in [2.24, 2.45) is 17.3 Å². The third-order valence-electron chi connectivity index (χ3n) is 5.12. The van der Waals surface area contributed by atoms with Crippen LogP contribution in [-0.2, 0) is 17.6 Å². The predicted molar refractivity (Wildman–Crippen MR) is 104 cm³/mol. The Bertz CT molecular complexity index is 648. The van der Waals surface area contributed by atoms with E-state index in [1.54, 1.807) is 0 Å². The normalized spacial score (nSPS) is 14.9. The Morgan fingerprint density at radius 3 is 1.96 bits per heavy atom. The van der Waals surface area contributed by atoms with Crippen LogP contribution in [0.4, 0.5) is 0 Å². The van der Waals surface area contributed by atoms with Gasteiger partial charge in [0, 0.05) is 0 Å². The fraction of sp³-hybridized carbons (Fsp3) is 0.435. The first kappa shape index (κ1) is 19.2. The zero-order chi connectivity index (χ0) is 18.3. The van der Waals surface area contributed by atoms with Gasteiger partial charge in [-0.3, -0.25) is 4.79 Å². The number of carboxylic acid groups (broad SMARTS) is 1. The molecule has 0 aliphatic carbocycles. The first-order valence-corrected chi connectivity index (χ1v) is 9.21. The minimum absolute atomic E-state index is 0.230. The number of hydrogen-bond donors (Lipinski definition) is 1. The van der Waals surface area contributed by atoms with Crippen molar-refractivity contribution in [1.29, 1.82) is 0 Å². The minimum Gasteiger partial charge on any atom is -0.481 e. The van der Waals surface area contributed by atoms with Crippen LogP contribution in [-0.4, -0.2) is 11.1 Å². The molecule has 0 saturated heterocycles. The maximum Gasteiger partial charge on any atom is 0.307 e. The molecule has 1 N–H and O–H groups in total. The SMILES string of the molecule is CC(C)CC(C)(CCc1ccccc1)C(Cc1ccccc1)C(=O)O. The zero-order valence-electron chi connectivity index (χ0n) is 15.6. The molecular weight excluding hydrogens is 308 g/mol. The fourth-order valence-corrected chi connectivity index (χ4v) is 3.91. The number of carboxylic acids is 1. The third-order valence-corrected chi connectivity index (χ3v) is 5.12. The maximum absolute atomic E-state index is 12.1. The molecule has 0 spiro atoms.